The molecule has 3 nitrogen and oxygen atoms in total. The number of rotatable bonds is 3. The maximum atomic E-state index is 12.7. The molecular formula is C19H21NO2. The predicted molar refractivity (Wildman–Crippen MR) is 88.5 cm³/mol. The van der Waals surface area contributed by atoms with Gasteiger partial charge in [-0.05, 0) is 55.0 Å². The molecule has 3 heteroatoms. The average molecular weight is 295 g/mol. The molecule has 1 atom stereocenters. The highest BCUT2D eigenvalue weighted by Crippen LogP contribution is 2.33. The molecule has 114 valence electrons. The average Bonchev–Trinajstić information content (AvgIpc) is 2.54. The molecule has 2 aromatic rings. The van der Waals surface area contributed by atoms with Crippen molar-refractivity contribution in [1.29, 1.82) is 0 Å². The number of hydrogen-bond donors (Lipinski definition) is 1. The highest BCUT2D eigenvalue weighted by molar-refractivity contribution is 5.97. The fourth-order valence-corrected chi connectivity index (χ4v) is 3.17. The van der Waals surface area contributed by atoms with Crippen LogP contribution in [-0.2, 0) is 11.2 Å². The molecule has 3 rings (SSSR count). The van der Waals surface area contributed by atoms with Gasteiger partial charge in [-0.2, -0.15) is 0 Å². The van der Waals surface area contributed by atoms with E-state index in [1.807, 2.05) is 37.3 Å². The molecule has 1 unspecified atom stereocenters. The van der Waals surface area contributed by atoms with Crippen LogP contribution in [0.1, 0.15) is 35.4 Å². The van der Waals surface area contributed by atoms with E-state index in [0.29, 0.717) is 5.75 Å². The van der Waals surface area contributed by atoms with Crippen LogP contribution in [0, 0.1) is 6.92 Å². The number of anilines is 1. The first kappa shape index (κ1) is 14.6. The zero-order chi connectivity index (χ0) is 15.5. The van der Waals surface area contributed by atoms with Gasteiger partial charge in [0.15, 0.2) is 0 Å². The van der Waals surface area contributed by atoms with Crippen molar-refractivity contribution < 1.29 is 9.53 Å². The van der Waals surface area contributed by atoms with Gasteiger partial charge in [-0.25, -0.2) is 0 Å². The summed E-state index contributed by atoms with van der Waals surface area (Å²) in [5, 5.41) is 3.05. The highest BCUT2D eigenvalue weighted by Gasteiger charge is 2.26. The number of nitrogens with one attached hydrogen (secondary N) is 1. The Morgan fingerprint density at radius 3 is 2.86 bits per heavy atom. The molecule has 0 bridgehead atoms. The number of ether oxygens (including phenoxy) is 1. The largest absolute Gasteiger partial charge is 0.495 e. The molecule has 2 aromatic carbocycles. The van der Waals surface area contributed by atoms with E-state index < -0.39 is 0 Å². The van der Waals surface area contributed by atoms with Crippen LogP contribution in [0.2, 0.25) is 0 Å². The fraction of sp³-hybridized carbons (Fsp3) is 0.316. The number of hydrogen-bond acceptors (Lipinski definition) is 2. The quantitative estimate of drug-likeness (QED) is 0.927. The molecule has 1 aliphatic carbocycles. The summed E-state index contributed by atoms with van der Waals surface area (Å²) in [6.07, 6.45) is 3.02. The predicted octanol–water partition coefficient (Wildman–Crippen LogP) is 4.06. The first-order valence-electron chi connectivity index (χ1n) is 7.72. The summed E-state index contributed by atoms with van der Waals surface area (Å²) in [7, 11) is 1.62. The summed E-state index contributed by atoms with van der Waals surface area (Å²) in [5.74, 6) is 0.675. The molecule has 0 saturated carbocycles. The van der Waals surface area contributed by atoms with Gasteiger partial charge in [0, 0.05) is 0 Å². The van der Waals surface area contributed by atoms with Gasteiger partial charge in [-0.1, -0.05) is 30.3 Å². The third kappa shape index (κ3) is 2.84. The van der Waals surface area contributed by atoms with E-state index in [4.69, 9.17) is 4.74 Å². The number of carbonyl (C=O) groups excluding carboxylic acids is 1. The second-order valence-electron chi connectivity index (χ2n) is 5.84. The van der Waals surface area contributed by atoms with Crippen molar-refractivity contribution in [2.75, 3.05) is 12.4 Å². The molecule has 1 amide bonds. The van der Waals surface area contributed by atoms with Gasteiger partial charge >= 0.3 is 0 Å². The zero-order valence-electron chi connectivity index (χ0n) is 13.1. The molecule has 0 saturated heterocycles. The SMILES string of the molecule is COc1ccc(C)cc1NC(=O)C1CCCc2ccccc21. The molecule has 1 N–H and O–H groups in total. The second-order valence-corrected chi connectivity index (χ2v) is 5.84. The van der Waals surface area contributed by atoms with Crippen LogP contribution >= 0.6 is 0 Å². The lowest BCUT2D eigenvalue weighted by Gasteiger charge is -2.25. The Morgan fingerprint density at radius 2 is 2.05 bits per heavy atom. The van der Waals surface area contributed by atoms with E-state index in [0.717, 1.165) is 36.1 Å². The minimum absolute atomic E-state index is 0.0519. The van der Waals surface area contributed by atoms with Gasteiger partial charge in [-0.15, -0.1) is 0 Å². The van der Waals surface area contributed by atoms with E-state index in [1.165, 1.54) is 5.56 Å². The van der Waals surface area contributed by atoms with Gasteiger partial charge in [-0.3, -0.25) is 4.79 Å². The van der Waals surface area contributed by atoms with Crippen LogP contribution in [-0.4, -0.2) is 13.0 Å². The maximum absolute atomic E-state index is 12.7. The van der Waals surface area contributed by atoms with Crippen LogP contribution < -0.4 is 10.1 Å². The van der Waals surface area contributed by atoms with Gasteiger partial charge in [0.2, 0.25) is 5.91 Å². The summed E-state index contributed by atoms with van der Waals surface area (Å²) in [6.45, 7) is 2.00. The van der Waals surface area contributed by atoms with Crippen molar-refractivity contribution in [3.63, 3.8) is 0 Å². The Bertz CT molecular complexity index is 694. The highest BCUT2D eigenvalue weighted by atomic mass is 16.5. The lowest BCUT2D eigenvalue weighted by Crippen LogP contribution is -2.25. The summed E-state index contributed by atoms with van der Waals surface area (Å²) < 4.78 is 5.34. The van der Waals surface area contributed by atoms with Crippen molar-refractivity contribution in [2.45, 2.75) is 32.1 Å². The second kappa shape index (κ2) is 6.22. The van der Waals surface area contributed by atoms with Crippen molar-refractivity contribution in [1.82, 2.24) is 0 Å². The Balaban J connectivity index is 1.86. The van der Waals surface area contributed by atoms with Crippen molar-refractivity contribution in [3.05, 3.63) is 59.2 Å². The molecule has 1 aliphatic rings. The summed E-state index contributed by atoms with van der Waals surface area (Å²) in [6, 6.07) is 14.1. The summed E-state index contributed by atoms with van der Waals surface area (Å²) in [5.41, 5.74) is 4.30. The van der Waals surface area contributed by atoms with E-state index in [1.54, 1.807) is 7.11 Å². The van der Waals surface area contributed by atoms with Gasteiger partial charge in [0.05, 0.1) is 18.7 Å². The molecule has 0 aromatic heterocycles. The monoisotopic (exact) mass is 295 g/mol. The van der Waals surface area contributed by atoms with Crippen LogP contribution in [0.25, 0.3) is 0 Å². The van der Waals surface area contributed by atoms with Crippen LogP contribution in [0.3, 0.4) is 0 Å². The van der Waals surface area contributed by atoms with E-state index in [-0.39, 0.29) is 11.8 Å². The molecule has 0 radical (unpaired) electrons. The Morgan fingerprint density at radius 1 is 1.23 bits per heavy atom. The van der Waals surface area contributed by atoms with Crippen LogP contribution in [0.5, 0.6) is 5.75 Å². The number of fused-ring (bicyclic) bond motifs is 1. The summed E-state index contributed by atoms with van der Waals surface area (Å²) >= 11 is 0. The van der Waals surface area contributed by atoms with E-state index in [2.05, 4.69) is 17.4 Å². The Kier molecular flexibility index (Phi) is 4.14. The maximum Gasteiger partial charge on any atom is 0.232 e. The van der Waals surface area contributed by atoms with Gasteiger partial charge in [0.1, 0.15) is 5.75 Å². The normalized spacial score (nSPS) is 16.7. The zero-order valence-corrected chi connectivity index (χ0v) is 13.1. The molecule has 0 aliphatic heterocycles. The minimum Gasteiger partial charge on any atom is -0.495 e. The minimum atomic E-state index is -0.0739. The first-order valence-corrected chi connectivity index (χ1v) is 7.72. The number of carbonyl (C=O) groups is 1. The Hall–Kier alpha value is -2.29. The lowest BCUT2D eigenvalue weighted by molar-refractivity contribution is -0.117. The van der Waals surface area contributed by atoms with Crippen molar-refractivity contribution >= 4 is 11.6 Å². The summed E-state index contributed by atoms with van der Waals surface area (Å²) in [4.78, 5) is 12.7. The number of methoxy groups -OCH3 is 1. The van der Waals surface area contributed by atoms with E-state index >= 15 is 0 Å². The molecular weight excluding hydrogens is 274 g/mol. The van der Waals surface area contributed by atoms with Crippen molar-refractivity contribution in [2.24, 2.45) is 0 Å². The molecule has 22 heavy (non-hydrogen) atoms. The molecule has 0 fully saturated rings. The third-order valence-corrected chi connectivity index (χ3v) is 4.30. The van der Waals surface area contributed by atoms with Gasteiger partial charge in [0.25, 0.3) is 0 Å². The standard InChI is InChI=1S/C19H21NO2/c1-13-10-11-18(22-2)17(12-13)20-19(21)16-9-5-7-14-6-3-4-8-15(14)16/h3-4,6,8,10-12,16H,5,7,9H2,1-2H3,(H,20,21). The molecule has 0 heterocycles. The number of amides is 1. The van der Waals surface area contributed by atoms with Gasteiger partial charge < -0.3 is 10.1 Å². The smallest absolute Gasteiger partial charge is 0.232 e. The topological polar surface area (TPSA) is 38.3 Å². The lowest BCUT2D eigenvalue weighted by atomic mass is 9.82. The third-order valence-electron chi connectivity index (χ3n) is 4.30. The van der Waals surface area contributed by atoms with Crippen LogP contribution in [0.4, 0.5) is 5.69 Å². The number of aryl methyl sites for hydroxylation is 2. The van der Waals surface area contributed by atoms with Crippen LogP contribution in [0.15, 0.2) is 42.5 Å². The molecule has 0 spiro atoms. The number of benzene rings is 2. The Labute approximate surface area is 131 Å². The van der Waals surface area contributed by atoms with Crippen molar-refractivity contribution in [3.8, 4) is 5.75 Å². The first-order chi connectivity index (χ1) is 10.7. The van der Waals surface area contributed by atoms with E-state index in [9.17, 15) is 4.79 Å². The fourth-order valence-electron chi connectivity index (χ4n) is 3.17.